The number of nitrogens with two attached hydrogens (primary N) is 1. The van der Waals surface area contributed by atoms with Crippen molar-refractivity contribution in [2.45, 2.75) is 25.9 Å². The molecule has 3 heteroatoms. The molecule has 0 fully saturated rings. The van der Waals surface area contributed by atoms with Crippen molar-refractivity contribution < 1.29 is 5.11 Å². The number of hydrogen-bond donors (Lipinski definition) is 2. The van der Waals surface area contributed by atoms with Gasteiger partial charge < -0.3 is 15.7 Å². The van der Waals surface area contributed by atoms with E-state index in [0.717, 1.165) is 24.2 Å². The Morgan fingerprint density at radius 3 is 2.38 bits per heavy atom. The van der Waals surface area contributed by atoms with Gasteiger partial charge in [-0.25, -0.2) is 0 Å². The second-order valence-corrected chi connectivity index (χ2v) is 5.20. The van der Waals surface area contributed by atoms with Crippen LogP contribution in [0.4, 0.5) is 5.69 Å². The number of rotatable bonds is 7. The molecule has 0 spiro atoms. The first kappa shape index (κ1) is 15.5. The van der Waals surface area contributed by atoms with Crippen LogP contribution in [0.5, 0.6) is 0 Å². The summed E-state index contributed by atoms with van der Waals surface area (Å²) < 4.78 is 0. The van der Waals surface area contributed by atoms with Crippen LogP contribution < -0.4 is 10.6 Å². The number of nitrogens with zero attached hydrogens (tertiary/aromatic N) is 1. The van der Waals surface area contributed by atoms with Gasteiger partial charge in [0.1, 0.15) is 0 Å². The highest BCUT2D eigenvalue weighted by molar-refractivity contribution is 5.55. The third kappa shape index (κ3) is 4.06. The standard InChI is InChI=1S/C18H24N2O/c1-2-17(19)16-10-6-7-11-18(16)20(12-13-21)14-15-8-4-3-5-9-15/h3-11,17,21H,2,12-14,19H2,1H3/t17-/m0/s1. The maximum Gasteiger partial charge on any atom is 0.0606 e. The summed E-state index contributed by atoms with van der Waals surface area (Å²) in [5.74, 6) is 0. The van der Waals surface area contributed by atoms with Crippen LogP contribution in [-0.4, -0.2) is 18.3 Å². The normalized spacial score (nSPS) is 12.1. The Hall–Kier alpha value is -1.84. The van der Waals surface area contributed by atoms with Crippen molar-refractivity contribution in [2.75, 3.05) is 18.1 Å². The molecule has 0 aromatic heterocycles. The Kier molecular flexibility index (Phi) is 5.78. The minimum absolute atomic E-state index is 0.0261. The first-order valence-corrected chi connectivity index (χ1v) is 7.50. The van der Waals surface area contributed by atoms with Gasteiger partial charge >= 0.3 is 0 Å². The van der Waals surface area contributed by atoms with E-state index in [9.17, 15) is 5.11 Å². The number of hydrogen-bond acceptors (Lipinski definition) is 3. The second kappa shape index (κ2) is 7.81. The first-order valence-electron chi connectivity index (χ1n) is 7.50. The molecule has 0 aliphatic rings. The van der Waals surface area contributed by atoms with Gasteiger partial charge in [0.15, 0.2) is 0 Å². The molecule has 0 aliphatic heterocycles. The Labute approximate surface area is 127 Å². The predicted molar refractivity (Wildman–Crippen MR) is 88.2 cm³/mol. The van der Waals surface area contributed by atoms with Gasteiger partial charge in [-0.15, -0.1) is 0 Å². The largest absolute Gasteiger partial charge is 0.395 e. The zero-order valence-electron chi connectivity index (χ0n) is 12.6. The SMILES string of the molecule is CC[C@H](N)c1ccccc1N(CCO)Cc1ccccc1. The minimum Gasteiger partial charge on any atom is -0.395 e. The van der Waals surface area contributed by atoms with E-state index in [1.54, 1.807) is 0 Å². The van der Waals surface area contributed by atoms with Crippen molar-refractivity contribution in [1.82, 2.24) is 0 Å². The molecule has 2 rings (SSSR count). The molecule has 0 aliphatic carbocycles. The molecule has 112 valence electrons. The fraction of sp³-hybridized carbons (Fsp3) is 0.333. The molecule has 2 aromatic carbocycles. The Morgan fingerprint density at radius 2 is 1.71 bits per heavy atom. The molecule has 0 saturated carbocycles. The molecule has 0 heterocycles. The topological polar surface area (TPSA) is 49.5 Å². The monoisotopic (exact) mass is 284 g/mol. The fourth-order valence-corrected chi connectivity index (χ4v) is 2.52. The maximum atomic E-state index is 9.39. The summed E-state index contributed by atoms with van der Waals surface area (Å²) >= 11 is 0. The molecule has 0 saturated heterocycles. The molecular formula is C18H24N2O. The summed E-state index contributed by atoms with van der Waals surface area (Å²) in [6.45, 7) is 3.59. The van der Waals surface area contributed by atoms with E-state index in [0.29, 0.717) is 6.54 Å². The van der Waals surface area contributed by atoms with Crippen LogP contribution in [0.25, 0.3) is 0 Å². The lowest BCUT2D eigenvalue weighted by molar-refractivity contribution is 0.301. The molecule has 2 aromatic rings. The number of aliphatic hydroxyl groups is 1. The van der Waals surface area contributed by atoms with Gasteiger partial charge in [-0.2, -0.15) is 0 Å². The zero-order chi connectivity index (χ0) is 15.1. The number of benzene rings is 2. The van der Waals surface area contributed by atoms with Gasteiger partial charge in [-0.1, -0.05) is 55.5 Å². The molecule has 3 nitrogen and oxygen atoms in total. The number of aliphatic hydroxyl groups excluding tert-OH is 1. The van der Waals surface area contributed by atoms with Gasteiger partial charge in [-0.05, 0) is 23.6 Å². The molecule has 1 atom stereocenters. The zero-order valence-corrected chi connectivity index (χ0v) is 12.6. The third-order valence-corrected chi connectivity index (χ3v) is 3.70. The maximum absolute atomic E-state index is 9.39. The Balaban J connectivity index is 2.30. The van der Waals surface area contributed by atoms with Crippen molar-refractivity contribution in [3.8, 4) is 0 Å². The van der Waals surface area contributed by atoms with E-state index in [-0.39, 0.29) is 12.6 Å². The summed E-state index contributed by atoms with van der Waals surface area (Å²) in [6.07, 6.45) is 0.898. The highest BCUT2D eigenvalue weighted by atomic mass is 16.3. The van der Waals surface area contributed by atoms with Gasteiger partial charge in [-0.3, -0.25) is 0 Å². The summed E-state index contributed by atoms with van der Waals surface area (Å²) in [5, 5.41) is 9.39. The average Bonchev–Trinajstić information content (AvgIpc) is 2.55. The van der Waals surface area contributed by atoms with Crippen LogP contribution in [0, 0.1) is 0 Å². The van der Waals surface area contributed by atoms with E-state index in [1.807, 2.05) is 30.3 Å². The fourth-order valence-electron chi connectivity index (χ4n) is 2.52. The third-order valence-electron chi connectivity index (χ3n) is 3.70. The lowest BCUT2D eigenvalue weighted by Crippen LogP contribution is -2.28. The van der Waals surface area contributed by atoms with Crippen LogP contribution in [0.1, 0.15) is 30.5 Å². The smallest absolute Gasteiger partial charge is 0.0606 e. The molecule has 0 bridgehead atoms. The van der Waals surface area contributed by atoms with Crippen molar-refractivity contribution in [3.63, 3.8) is 0 Å². The summed E-state index contributed by atoms with van der Waals surface area (Å²) in [6, 6.07) is 18.5. The lowest BCUT2D eigenvalue weighted by Gasteiger charge is -2.28. The number of para-hydroxylation sites is 1. The van der Waals surface area contributed by atoms with Crippen LogP contribution in [0.15, 0.2) is 54.6 Å². The molecule has 0 unspecified atom stereocenters. The van der Waals surface area contributed by atoms with E-state index in [2.05, 4.69) is 36.1 Å². The van der Waals surface area contributed by atoms with Gasteiger partial charge in [0.25, 0.3) is 0 Å². The molecule has 0 radical (unpaired) electrons. The first-order chi connectivity index (χ1) is 10.3. The van der Waals surface area contributed by atoms with Gasteiger partial charge in [0, 0.05) is 24.8 Å². The molecular weight excluding hydrogens is 260 g/mol. The summed E-state index contributed by atoms with van der Waals surface area (Å²) in [7, 11) is 0. The number of anilines is 1. The highest BCUT2D eigenvalue weighted by Crippen LogP contribution is 2.27. The van der Waals surface area contributed by atoms with Crippen LogP contribution in [0.3, 0.4) is 0 Å². The van der Waals surface area contributed by atoms with Crippen molar-refractivity contribution in [3.05, 3.63) is 65.7 Å². The van der Waals surface area contributed by atoms with Crippen molar-refractivity contribution >= 4 is 5.69 Å². The van der Waals surface area contributed by atoms with E-state index in [1.165, 1.54) is 5.56 Å². The minimum atomic E-state index is 0.0261. The molecule has 3 N–H and O–H groups in total. The highest BCUT2D eigenvalue weighted by Gasteiger charge is 2.14. The Bertz CT molecular complexity index is 542. The van der Waals surface area contributed by atoms with Crippen LogP contribution >= 0.6 is 0 Å². The van der Waals surface area contributed by atoms with Crippen molar-refractivity contribution in [1.29, 1.82) is 0 Å². The van der Waals surface area contributed by atoms with Crippen molar-refractivity contribution in [2.24, 2.45) is 5.73 Å². The second-order valence-electron chi connectivity index (χ2n) is 5.20. The summed E-state index contributed by atoms with van der Waals surface area (Å²) in [5.41, 5.74) is 9.72. The van der Waals surface area contributed by atoms with Crippen LogP contribution in [0.2, 0.25) is 0 Å². The summed E-state index contributed by atoms with van der Waals surface area (Å²) in [4.78, 5) is 2.19. The van der Waals surface area contributed by atoms with Gasteiger partial charge in [0.2, 0.25) is 0 Å². The quantitative estimate of drug-likeness (QED) is 0.821. The lowest BCUT2D eigenvalue weighted by atomic mass is 10.0. The molecule has 21 heavy (non-hydrogen) atoms. The Morgan fingerprint density at radius 1 is 1.05 bits per heavy atom. The average molecular weight is 284 g/mol. The predicted octanol–water partition coefficient (Wildman–Crippen LogP) is 3.10. The van der Waals surface area contributed by atoms with E-state index >= 15 is 0 Å². The van der Waals surface area contributed by atoms with Gasteiger partial charge in [0.05, 0.1) is 6.61 Å². The molecule has 0 amide bonds. The van der Waals surface area contributed by atoms with Crippen LogP contribution in [-0.2, 0) is 6.54 Å². The van der Waals surface area contributed by atoms with E-state index < -0.39 is 0 Å². The van der Waals surface area contributed by atoms with E-state index in [4.69, 9.17) is 5.73 Å².